The predicted octanol–water partition coefficient (Wildman–Crippen LogP) is 4.49. The third-order valence-corrected chi connectivity index (χ3v) is 6.72. The van der Waals surface area contributed by atoms with Crippen LogP contribution in [-0.2, 0) is 6.18 Å². The Hall–Kier alpha value is -2.88. The van der Waals surface area contributed by atoms with Gasteiger partial charge < -0.3 is 21.8 Å². The van der Waals surface area contributed by atoms with Crippen molar-refractivity contribution in [2.45, 2.75) is 63.3 Å². The van der Waals surface area contributed by atoms with E-state index in [0.717, 1.165) is 37.3 Å². The Labute approximate surface area is 190 Å². The summed E-state index contributed by atoms with van der Waals surface area (Å²) in [5.74, 6) is 0.204. The number of rotatable bonds is 8. The molecule has 1 aromatic heterocycles. The van der Waals surface area contributed by atoms with Gasteiger partial charge in [0.2, 0.25) is 0 Å². The van der Waals surface area contributed by atoms with Crippen molar-refractivity contribution < 1.29 is 18.0 Å². The number of benzene rings is 1. The van der Waals surface area contributed by atoms with Crippen LogP contribution in [0.2, 0.25) is 0 Å². The Morgan fingerprint density at radius 1 is 1.24 bits per heavy atom. The molecule has 5 N–H and O–H groups in total. The number of hydrogen-bond donors (Lipinski definition) is 4. The summed E-state index contributed by atoms with van der Waals surface area (Å²) in [6, 6.07) is 5.20. The Morgan fingerprint density at radius 2 is 1.94 bits per heavy atom. The average Bonchev–Trinajstić information content (AvgIpc) is 3.54. The molecule has 0 saturated heterocycles. The summed E-state index contributed by atoms with van der Waals surface area (Å²) in [6.45, 7) is 2.22. The summed E-state index contributed by atoms with van der Waals surface area (Å²) >= 11 is 0. The van der Waals surface area contributed by atoms with Crippen molar-refractivity contribution in [1.29, 1.82) is 5.41 Å². The van der Waals surface area contributed by atoms with E-state index in [-0.39, 0.29) is 23.3 Å². The van der Waals surface area contributed by atoms with Gasteiger partial charge in [-0.1, -0.05) is 0 Å². The topological polar surface area (TPSA) is 109 Å². The first-order chi connectivity index (χ1) is 15.7. The summed E-state index contributed by atoms with van der Waals surface area (Å²) in [5, 5.41) is 19.1. The van der Waals surface area contributed by atoms with E-state index in [0.29, 0.717) is 17.8 Å². The first-order valence-electron chi connectivity index (χ1n) is 11.3. The molecule has 2 aliphatic rings. The number of halogens is 3. The molecule has 4 rings (SSSR count). The van der Waals surface area contributed by atoms with E-state index in [1.165, 1.54) is 31.2 Å². The lowest BCUT2D eigenvalue weighted by molar-refractivity contribution is -0.137. The van der Waals surface area contributed by atoms with Gasteiger partial charge in [-0.15, -0.1) is 0 Å². The van der Waals surface area contributed by atoms with Crippen LogP contribution >= 0.6 is 0 Å². The van der Waals surface area contributed by atoms with Crippen molar-refractivity contribution in [3.05, 3.63) is 41.6 Å². The number of nitrogens with two attached hydrogens (primary N) is 1. The number of carbonyl (C=O) groups is 1. The summed E-state index contributed by atoms with van der Waals surface area (Å²) in [5.41, 5.74) is 5.29. The number of carbonyl (C=O) groups excluding carboxylic acids is 1. The van der Waals surface area contributed by atoms with Gasteiger partial charge in [0.25, 0.3) is 5.91 Å². The highest BCUT2D eigenvalue weighted by atomic mass is 19.4. The predicted molar refractivity (Wildman–Crippen MR) is 120 cm³/mol. The summed E-state index contributed by atoms with van der Waals surface area (Å²) in [7, 11) is 0. The molecule has 7 nitrogen and oxygen atoms in total. The second-order valence-electron chi connectivity index (χ2n) is 9.14. The zero-order valence-corrected chi connectivity index (χ0v) is 18.4. The van der Waals surface area contributed by atoms with Gasteiger partial charge in [-0.05, 0) is 69.2 Å². The molecule has 2 saturated carbocycles. The second-order valence-corrected chi connectivity index (χ2v) is 9.14. The fourth-order valence-corrected chi connectivity index (χ4v) is 4.67. The van der Waals surface area contributed by atoms with Crippen LogP contribution in [0.1, 0.15) is 61.0 Å². The third kappa shape index (κ3) is 5.38. The number of amides is 1. The van der Waals surface area contributed by atoms with Crippen LogP contribution in [0.15, 0.2) is 30.5 Å². The molecule has 0 aliphatic heterocycles. The Morgan fingerprint density at radius 3 is 2.52 bits per heavy atom. The molecule has 178 valence electrons. The molecule has 2 aromatic rings. The van der Waals surface area contributed by atoms with Crippen LogP contribution in [0.5, 0.6) is 0 Å². The second kappa shape index (κ2) is 9.17. The molecule has 10 heteroatoms. The quantitative estimate of drug-likeness (QED) is 0.433. The van der Waals surface area contributed by atoms with Crippen LogP contribution in [0.3, 0.4) is 0 Å². The van der Waals surface area contributed by atoms with Crippen molar-refractivity contribution in [2.75, 3.05) is 5.32 Å². The van der Waals surface area contributed by atoms with Gasteiger partial charge in [0.15, 0.2) is 5.82 Å². The lowest BCUT2D eigenvalue weighted by Gasteiger charge is -2.36. The monoisotopic (exact) mass is 462 g/mol. The molecule has 0 bridgehead atoms. The molecule has 1 heterocycles. The Kier molecular flexibility index (Phi) is 6.47. The number of nitrogens with one attached hydrogen (secondary N) is 3. The molecular formula is C23H29F3N6O. The molecule has 0 radical (unpaired) electrons. The van der Waals surface area contributed by atoms with E-state index in [1.807, 2.05) is 0 Å². The fourth-order valence-electron chi connectivity index (χ4n) is 4.67. The maximum absolute atomic E-state index is 12.8. The average molecular weight is 463 g/mol. The van der Waals surface area contributed by atoms with E-state index >= 15 is 0 Å². The largest absolute Gasteiger partial charge is 0.416 e. The van der Waals surface area contributed by atoms with Crippen molar-refractivity contribution in [3.63, 3.8) is 0 Å². The van der Waals surface area contributed by atoms with Crippen LogP contribution in [-0.4, -0.2) is 34.0 Å². The number of nitrogens with zero attached hydrogens (tertiary/aromatic N) is 2. The SMILES string of the molecule is C[C@H](NC1CC[C@H](n2cc(C(N)=O)c(Nc3ccc(C(F)(F)F)cc3)n2)[C@@H](C=N)C1)C1CC1. The lowest BCUT2D eigenvalue weighted by atomic mass is 9.82. The van der Waals surface area contributed by atoms with Gasteiger partial charge in [-0.2, -0.15) is 18.3 Å². The maximum atomic E-state index is 12.8. The van der Waals surface area contributed by atoms with Crippen LogP contribution in [0, 0.1) is 17.2 Å². The van der Waals surface area contributed by atoms with Crippen molar-refractivity contribution in [1.82, 2.24) is 15.1 Å². The molecule has 2 aliphatic carbocycles. The molecule has 1 amide bonds. The van der Waals surface area contributed by atoms with Crippen molar-refractivity contribution >= 4 is 23.6 Å². The van der Waals surface area contributed by atoms with Crippen molar-refractivity contribution in [3.8, 4) is 0 Å². The minimum Gasteiger partial charge on any atom is -0.365 e. The first kappa shape index (κ1) is 23.3. The van der Waals surface area contributed by atoms with E-state index in [2.05, 4.69) is 22.7 Å². The van der Waals surface area contributed by atoms with Gasteiger partial charge in [-0.3, -0.25) is 9.48 Å². The van der Waals surface area contributed by atoms with Gasteiger partial charge >= 0.3 is 6.18 Å². The highest BCUT2D eigenvalue weighted by Gasteiger charge is 2.35. The van der Waals surface area contributed by atoms with E-state index < -0.39 is 17.6 Å². The highest BCUT2D eigenvalue weighted by Crippen LogP contribution is 2.37. The van der Waals surface area contributed by atoms with Gasteiger partial charge in [0.05, 0.1) is 11.6 Å². The molecule has 4 atom stereocenters. The minimum atomic E-state index is -4.43. The Bertz CT molecular complexity index is 999. The number of alkyl halides is 3. The molecule has 33 heavy (non-hydrogen) atoms. The number of primary amides is 1. The molecular weight excluding hydrogens is 433 g/mol. The standard InChI is InChI=1S/C23H29F3N6O/c1-13(14-2-3-14)29-18-8-9-20(15(10-18)11-27)32-12-19(21(28)33)22(31-32)30-17-6-4-16(5-7-17)23(24,25)26/h4-7,11-15,18,20,27,29H,2-3,8-10H2,1H3,(H2,28,33)(H,30,31)/t13-,15+,18?,20-/m0/s1. The highest BCUT2D eigenvalue weighted by molar-refractivity contribution is 5.98. The maximum Gasteiger partial charge on any atom is 0.416 e. The minimum absolute atomic E-state index is 0.0535. The number of anilines is 2. The Balaban J connectivity index is 1.49. The number of aromatic nitrogens is 2. The summed E-state index contributed by atoms with van der Waals surface area (Å²) in [6.07, 6.45) is 3.65. The van der Waals surface area contributed by atoms with Gasteiger partial charge in [0.1, 0.15) is 5.56 Å². The van der Waals surface area contributed by atoms with Gasteiger partial charge in [0, 0.05) is 36.1 Å². The molecule has 2 fully saturated rings. The smallest absolute Gasteiger partial charge is 0.365 e. The zero-order valence-electron chi connectivity index (χ0n) is 18.4. The van der Waals surface area contributed by atoms with Crippen LogP contribution in [0.4, 0.5) is 24.7 Å². The normalized spacial score (nSPS) is 24.3. The van der Waals surface area contributed by atoms with Crippen LogP contribution < -0.4 is 16.4 Å². The fraction of sp³-hybridized carbons (Fsp3) is 0.522. The molecule has 1 aromatic carbocycles. The van der Waals surface area contributed by atoms with E-state index in [1.54, 1.807) is 10.9 Å². The van der Waals surface area contributed by atoms with Crippen molar-refractivity contribution in [2.24, 2.45) is 17.6 Å². The number of hydrogen-bond acceptors (Lipinski definition) is 5. The zero-order chi connectivity index (χ0) is 23.8. The molecule has 1 unspecified atom stereocenters. The third-order valence-electron chi connectivity index (χ3n) is 6.72. The summed E-state index contributed by atoms with van der Waals surface area (Å²) in [4.78, 5) is 12.0. The lowest BCUT2D eigenvalue weighted by Crippen LogP contribution is -2.43. The first-order valence-corrected chi connectivity index (χ1v) is 11.3. The van der Waals surface area contributed by atoms with E-state index in [4.69, 9.17) is 11.1 Å². The molecule has 0 spiro atoms. The van der Waals surface area contributed by atoms with Crippen LogP contribution in [0.25, 0.3) is 0 Å². The van der Waals surface area contributed by atoms with E-state index in [9.17, 15) is 18.0 Å². The summed E-state index contributed by atoms with van der Waals surface area (Å²) < 4.78 is 40.1. The van der Waals surface area contributed by atoms with Gasteiger partial charge in [-0.25, -0.2) is 0 Å².